The van der Waals surface area contributed by atoms with Crippen molar-refractivity contribution in [3.63, 3.8) is 0 Å². The van der Waals surface area contributed by atoms with Gasteiger partial charge in [0.05, 0.1) is 18.6 Å². The number of aryl methyl sites for hydroxylation is 1. The van der Waals surface area contributed by atoms with Crippen molar-refractivity contribution in [1.29, 1.82) is 0 Å². The van der Waals surface area contributed by atoms with E-state index in [2.05, 4.69) is 10.1 Å². The summed E-state index contributed by atoms with van der Waals surface area (Å²) in [6.45, 7) is 6.06. The molecule has 0 aromatic heterocycles. The summed E-state index contributed by atoms with van der Waals surface area (Å²) < 4.78 is 4.67. The standard InChI is InChI=1S/C15H22N2O3/c1-9(2)12(8-16)14(18)17-13-7-11(15(19)20-4)6-5-10(13)3/h5-7,9,12H,8,16H2,1-4H3,(H,17,18). The Labute approximate surface area is 119 Å². The van der Waals surface area contributed by atoms with Gasteiger partial charge >= 0.3 is 5.97 Å². The number of nitrogens with two attached hydrogens (primary N) is 1. The second-order valence-electron chi connectivity index (χ2n) is 5.10. The van der Waals surface area contributed by atoms with Crippen molar-refractivity contribution >= 4 is 17.6 Å². The number of carbonyl (C=O) groups excluding carboxylic acids is 2. The zero-order valence-corrected chi connectivity index (χ0v) is 12.4. The minimum Gasteiger partial charge on any atom is -0.465 e. The number of esters is 1. The van der Waals surface area contributed by atoms with Crippen LogP contribution < -0.4 is 11.1 Å². The SMILES string of the molecule is COC(=O)c1ccc(C)c(NC(=O)C(CN)C(C)C)c1. The van der Waals surface area contributed by atoms with Crippen LogP contribution in [0.2, 0.25) is 0 Å². The Kier molecular flexibility index (Phi) is 5.70. The highest BCUT2D eigenvalue weighted by atomic mass is 16.5. The maximum absolute atomic E-state index is 12.2. The Hall–Kier alpha value is -1.88. The molecular formula is C15H22N2O3. The van der Waals surface area contributed by atoms with E-state index in [1.54, 1.807) is 18.2 Å². The number of ether oxygens (including phenoxy) is 1. The van der Waals surface area contributed by atoms with E-state index in [4.69, 9.17) is 5.73 Å². The minimum atomic E-state index is -0.431. The smallest absolute Gasteiger partial charge is 0.337 e. The second-order valence-corrected chi connectivity index (χ2v) is 5.10. The van der Waals surface area contributed by atoms with E-state index in [9.17, 15) is 9.59 Å². The van der Waals surface area contributed by atoms with Crippen LogP contribution in [0.4, 0.5) is 5.69 Å². The largest absolute Gasteiger partial charge is 0.465 e. The maximum Gasteiger partial charge on any atom is 0.337 e. The number of carbonyl (C=O) groups is 2. The lowest BCUT2D eigenvalue weighted by Gasteiger charge is -2.19. The molecule has 1 atom stereocenters. The van der Waals surface area contributed by atoms with Gasteiger partial charge in [0, 0.05) is 12.2 Å². The number of anilines is 1. The van der Waals surface area contributed by atoms with Crippen molar-refractivity contribution in [3.05, 3.63) is 29.3 Å². The molecule has 0 bridgehead atoms. The topological polar surface area (TPSA) is 81.4 Å². The van der Waals surface area contributed by atoms with E-state index in [1.165, 1.54) is 7.11 Å². The minimum absolute atomic E-state index is 0.132. The number of hydrogen-bond donors (Lipinski definition) is 2. The summed E-state index contributed by atoms with van der Waals surface area (Å²) in [5, 5.41) is 2.84. The quantitative estimate of drug-likeness (QED) is 0.807. The number of methoxy groups -OCH3 is 1. The molecular weight excluding hydrogens is 256 g/mol. The molecule has 1 unspecified atom stereocenters. The van der Waals surface area contributed by atoms with Crippen LogP contribution in [0.15, 0.2) is 18.2 Å². The van der Waals surface area contributed by atoms with Gasteiger partial charge in [0.15, 0.2) is 0 Å². The first kappa shape index (κ1) is 16.2. The first-order chi connectivity index (χ1) is 9.40. The maximum atomic E-state index is 12.2. The van der Waals surface area contributed by atoms with Gasteiger partial charge in [0.1, 0.15) is 0 Å². The first-order valence-electron chi connectivity index (χ1n) is 6.60. The average Bonchev–Trinajstić information content (AvgIpc) is 2.40. The molecule has 0 heterocycles. The lowest BCUT2D eigenvalue weighted by Crippen LogP contribution is -2.33. The van der Waals surface area contributed by atoms with E-state index in [-0.39, 0.29) is 17.7 Å². The number of rotatable bonds is 5. The number of amides is 1. The van der Waals surface area contributed by atoms with Crippen LogP contribution in [0.1, 0.15) is 29.8 Å². The van der Waals surface area contributed by atoms with Gasteiger partial charge in [-0.2, -0.15) is 0 Å². The third-order valence-corrected chi connectivity index (χ3v) is 3.31. The Balaban J connectivity index is 2.96. The van der Waals surface area contributed by atoms with E-state index in [1.807, 2.05) is 20.8 Å². The fourth-order valence-electron chi connectivity index (χ4n) is 1.91. The van der Waals surface area contributed by atoms with Crippen LogP contribution in [0.25, 0.3) is 0 Å². The van der Waals surface area contributed by atoms with Gasteiger partial charge in [-0.05, 0) is 30.5 Å². The van der Waals surface area contributed by atoms with Gasteiger partial charge in [-0.25, -0.2) is 4.79 Å². The van der Waals surface area contributed by atoms with Gasteiger partial charge in [-0.3, -0.25) is 4.79 Å². The Morgan fingerprint density at radius 1 is 1.35 bits per heavy atom. The summed E-state index contributed by atoms with van der Waals surface area (Å²) in [7, 11) is 1.32. The molecule has 0 aliphatic carbocycles. The molecule has 0 saturated carbocycles. The van der Waals surface area contributed by atoms with Gasteiger partial charge in [0.2, 0.25) is 5.91 Å². The third-order valence-electron chi connectivity index (χ3n) is 3.31. The van der Waals surface area contributed by atoms with Crippen molar-refractivity contribution in [2.24, 2.45) is 17.6 Å². The van der Waals surface area contributed by atoms with Crippen LogP contribution in [0.5, 0.6) is 0 Å². The van der Waals surface area contributed by atoms with Crippen molar-refractivity contribution < 1.29 is 14.3 Å². The molecule has 110 valence electrons. The van der Waals surface area contributed by atoms with Gasteiger partial charge in [-0.1, -0.05) is 19.9 Å². The lowest BCUT2D eigenvalue weighted by atomic mass is 9.95. The van der Waals surface area contributed by atoms with Gasteiger partial charge < -0.3 is 15.8 Å². The molecule has 0 fully saturated rings. The van der Waals surface area contributed by atoms with Crippen molar-refractivity contribution in [3.8, 4) is 0 Å². The zero-order chi connectivity index (χ0) is 15.3. The van der Waals surface area contributed by atoms with E-state index < -0.39 is 5.97 Å². The third kappa shape index (κ3) is 3.81. The molecule has 3 N–H and O–H groups in total. The molecule has 1 aromatic carbocycles. The Bertz CT molecular complexity index is 498. The average molecular weight is 278 g/mol. The molecule has 0 spiro atoms. The highest BCUT2D eigenvalue weighted by molar-refractivity contribution is 5.96. The molecule has 5 heteroatoms. The molecule has 1 aromatic rings. The van der Waals surface area contributed by atoms with Crippen LogP contribution in [0.3, 0.4) is 0 Å². The predicted octanol–water partition coefficient (Wildman–Crippen LogP) is 1.95. The number of nitrogens with one attached hydrogen (secondary N) is 1. The fourth-order valence-corrected chi connectivity index (χ4v) is 1.91. The van der Waals surface area contributed by atoms with E-state index >= 15 is 0 Å². The highest BCUT2D eigenvalue weighted by Gasteiger charge is 2.21. The Morgan fingerprint density at radius 2 is 2.00 bits per heavy atom. The van der Waals surface area contributed by atoms with Crippen molar-refractivity contribution in [2.75, 3.05) is 19.0 Å². The Morgan fingerprint density at radius 3 is 2.50 bits per heavy atom. The predicted molar refractivity (Wildman–Crippen MR) is 78.5 cm³/mol. The van der Waals surface area contributed by atoms with E-state index in [0.717, 1.165) is 5.56 Å². The number of benzene rings is 1. The second kappa shape index (κ2) is 7.05. The molecule has 1 amide bonds. The molecule has 0 aliphatic heterocycles. The molecule has 0 saturated heterocycles. The lowest BCUT2D eigenvalue weighted by molar-refractivity contribution is -0.120. The summed E-state index contributed by atoms with van der Waals surface area (Å²) in [5.41, 5.74) is 7.52. The van der Waals surface area contributed by atoms with Gasteiger partial charge in [-0.15, -0.1) is 0 Å². The summed E-state index contributed by atoms with van der Waals surface area (Å²) >= 11 is 0. The van der Waals surface area contributed by atoms with E-state index in [0.29, 0.717) is 17.8 Å². The summed E-state index contributed by atoms with van der Waals surface area (Å²) in [6, 6.07) is 5.06. The number of hydrogen-bond acceptors (Lipinski definition) is 4. The van der Waals surface area contributed by atoms with Crippen LogP contribution >= 0.6 is 0 Å². The summed E-state index contributed by atoms with van der Waals surface area (Å²) in [4.78, 5) is 23.7. The summed E-state index contributed by atoms with van der Waals surface area (Å²) in [5.74, 6) is -0.660. The zero-order valence-electron chi connectivity index (χ0n) is 12.4. The van der Waals surface area contributed by atoms with Crippen LogP contribution in [-0.2, 0) is 9.53 Å². The molecule has 5 nitrogen and oxygen atoms in total. The molecule has 1 rings (SSSR count). The van der Waals surface area contributed by atoms with Crippen LogP contribution in [-0.4, -0.2) is 25.5 Å². The molecule has 0 aliphatic rings. The first-order valence-corrected chi connectivity index (χ1v) is 6.60. The monoisotopic (exact) mass is 278 g/mol. The molecule has 0 radical (unpaired) electrons. The normalized spacial score (nSPS) is 12.1. The van der Waals surface area contributed by atoms with Crippen molar-refractivity contribution in [2.45, 2.75) is 20.8 Å². The highest BCUT2D eigenvalue weighted by Crippen LogP contribution is 2.20. The molecule has 20 heavy (non-hydrogen) atoms. The van der Waals surface area contributed by atoms with Crippen molar-refractivity contribution in [1.82, 2.24) is 0 Å². The van der Waals surface area contributed by atoms with Crippen LogP contribution in [0, 0.1) is 18.8 Å². The summed E-state index contributed by atoms with van der Waals surface area (Å²) in [6.07, 6.45) is 0. The van der Waals surface area contributed by atoms with Gasteiger partial charge in [0.25, 0.3) is 0 Å². The fraction of sp³-hybridized carbons (Fsp3) is 0.467.